The first-order chi connectivity index (χ1) is 12.1. The predicted octanol–water partition coefficient (Wildman–Crippen LogP) is 2.32. The van der Waals surface area contributed by atoms with Crippen molar-refractivity contribution in [1.29, 1.82) is 0 Å². The summed E-state index contributed by atoms with van der Waals surface area (Å²) in [5.41, 5.74) is 7.13. The third-order valence-electron chi connectivity index (χ3n) is 4.44. The third kappa shape index (κ3) is 4.00. The Hall–Kier alpha value is -2.37. The van der Waals surface area contributed by atoms with E-state index in [4.69, 9.17) is 17.3 Å². The van der Waals surface area contributed by atoms with Crippen LogP contribution in [0.5, 0.6) is 0 Å². The molecule has 0 saturated carbocycles. The molecule has 2 amide bonds. The maximum atomic E-state index is 12.5. The zero-order valence-corrected chi connectivity index (χ0v) is 14.5. The SMILES string of the molecule is NC(=O)C(c1ccc(Cl)cc1)N1CCN(C(=O)c2ccccc2)CC1. The molecule has 5 nitrogen and oxygen atoms in total. The average molecular weight is 358 g/mol. The first-order valence-electron chi connectivity index (χ1n) is 8.19. The molecule has 0 bridgehead atoms. The van der Waals surface area contributed by atoms with Crippen molar-refractivity contribution < 1.29 is 9.59 Å². The topological polar surface area (TPSA) is 66.6 Å². The van der Waals surface area contributed by atoms with Crippen LogP contribution in [0.1, 0.15) is 22.0 Å². The Morgan fingerprint density at radius 1 is 0.920 bits per heavy atom. The van der Waals surface area contributed by atoms with E-state index in [1.165, 1.54) is 0 Å². The van der Waals surface area contributed by atoms with Gasteiger partial charge in [-0.25, -0.2) is 0 Å². The summed E-state index contributed by atoms with van der Waals surface area (Å²) in [6.45, 7) is 2.31. The van der Waals surface area contributed by atoms with Crippen LogP contribution < -0.4 is 5.73 Å². The molecule has 0 radical (unpaired) electrons. The molecule has 1 heterocycles. The Balaban J connectivity index is 1.68. The predicted molar refractivity (Wildman–Crippen MR) is 97.3 cm³/mol. The Morgan fingerprint density at radius 2 is 1.52 bits per heavy atom. The molecule has 1 aliphatic rings. The molecule has 1 saturated heterocycles. The molecule has 1 aliphatic heterocycles. The number of hydrogen-bond donors (Lipinski definition) is 1. The van der Waals surface area contributed by atoms with Crippen molar-refractivity contribution in [1.82, 2.24) is 9.80 Å². The van der Waals surface area contributed by atoms with Crippen LogP contribution in [0.2, 0.25) is 5.02 Å². The molecule has 6 heteroatoms. The number of carbonyl (C=O) groups excluding carboxylic acids is 2. The number of nitrogens with zero attached hydrogens (tertiary/aromatic N) is 2. The fraction of sp³-hybridized carbons (Fsp3) is 0.263. The quantitative estimate of drug-likeness (QED) is 0.913. The largest absolute Gasteiger partial charge is 0.368 e. The Kier molecular flexibility index (Phi) is 5.36. The van der Waals surface area contributed by atoms with Gasteiger partial charge in [-0.1, -0.05) is 41.9 Å². The van der Waals surface area contributed by atoms with E-state index in [0.717, 1.165) is 5.56 Å². The summed E-state index contributed by atoms with van der Waals surface area (Å²) < 4.78 is 0. The summed E-state index contributed by atoms with van der Waals surface area (Å²) in [5, 5.41) is 0.616. The van der Waals surface area contributed by atoms with Crippen LogP contribution in [0, 0.1) is 0 Å². The molecule has 25 heavy (non-hydrogen) atoms. The summed E-state index contributed by atoms with van der Waals surface area (Å²) in [4.78, 5) is 28.3. The lowest BCUT2D eigenvalue weighted by atomic mass is 10.0. The second-order valence-electron chi connectivity index (χ2n) is 6.05. The molecule has 1 atom stereocenters. The monoisotopic (exact) mass is 357 g/mol. The molecule has 2 aromatic rings. The fourth-order valence-corrected chi connectivity index (χ4v) is 3.27. The molecule has 0 aliphatic carbocycles. The molecule has 1 unspecified atom stereocenters. The van der Waals surface area contributed by atoms with Gasteiger partial charge in [0.15, 0.2) is 0 Å². The maximum absolute atomic E-state index is 12.5. The van der Waals surface area contributed by atoms with Crippen molar-refractivity contribution in [2.24, 2.45) is 5.73 Å². The third-order valence-corrected chi connectivity index (χ3v) is 4.69. The zero-order chi connectivity index (χ0) is 17.8. The van der Waals surface area contributed by atoms with Crippen LogP contribution in [-0.4, -0.2) is 47.8 Å². The van der Waals surface area contributed by atoms with Crippen LogP contribution in [0.25, 0.3) is 0 Å². The van der Waals surface area contributed by atoms with Gasteiger partial charge in [-0.05, 0) is 29.8 Å². The number of nitrogens with two attached hydrogens (primary N) is 1. The summed E-state index contributed by atoms with van der Waals surface area (Å²) in [7, 11) is 0. The van der Waals surface area contributed by atoms with Gasteiger partial charge in [-0.3, -0.25) is 14.5 Å². The van der Waals surface area contributed by atoms with Crippen molar-refractivity contribution in [3.63, 3.8) is 0 Å². The van der Waals surface area contributed by atoms with Crippen LogP contribution in [0.3, 0.4) is 0 Å². The highest BCUT2D eigenvalue weighted by Gasteiger charge is 2.30. The van der Waals surface area contributed by atoms with Gasteiger partial charge >= 0.3 is 0 Å². The highest BCUT2D eigenvalue weighted by atomic mass is 35.5. The van der Waals surface area contributed by atoms with Crippen LogP contribution in [-0.2, 0) is 4.79 Å². The van der Waals surface area contributed by atoms with Crippen molar-refractivity contribution in [3.05, 3.63) is 70.7 Å². The van der Waals surface area contributed by atoms with Gasteiger partial charge in [0.2, 0.25) is 5.91 Å². The first kappa shape index (κ1) is 17.5. The molecule has 130 valence electrons. The van der Waals surface area contributed by atoms with E-state index in [1.54, 1.807) is 12.1 Å². The Labute approximate surface area is 152 Å². The van der Waals surface area contributed by atoms with Crippen molar-refractivity contribution >= 4 is 23.4 Å². The molecule has 0 aromatic heterocycles. The normalized spacial score (nSPS) is 16.4. The van der Waals surface area contributed by atoms with Crippen LogP contribution >= 0.6 is 11.6 Å². The molecular formula is C19H20ClN3O2. The van der Waals surface area contributed by atoms with Gasteiger partial charge in [0.05, 0.1) is 0 Å². The number of hydrogen-bond acceptors (Lipinski definition) is 3. The van der Waals surface area contributed by atoms with Crippen molar-refractivity contribution in [2.45, 2.75) is 6.04 Å². The van der Waals surface area contributed by atoms with E-state index in [1.807, 2.05) is 52.3 Å². The van der Waals surface area contributed by atoms with Gasteiger partial charge in [-0.15, -0.1) is 0 Å². The molecule has 3 rings (SSSR count). The van der Waals surface area contributed by atoms with E-state index < -0.39 is 11.9 Å². The standard InChI is InChI=1S/C19H20ClN3O2/c20-16-8-6-14(7-9-16)17(18(21)24)22-10-12-23(13-11-22)19(25)15-4-2-1-3-5-15/h1-9,17H,10-13H2,(H2,21,24). The molecule has 2 aromatic carbocycles. The first-order valence-corrected chi connectivity index (χ1v) is 8.57. The van der Waals surface area contributed by atoms with E-state index in [2.05, 4.69) is 0 Å². The average Bonchev–Trinajstić information content (AvgIpc) is 2.64. The number of halogens is 1. The van der Waals surface area contributed by atoms with Gasteiger partial charge in [0.25, 0.3) is 5.91 Å². The van der Waals surface area contributed by atoms with Crippen molar-refractivity contribution in [3.8, 4) is 0 Å². The van der Waals surface area contributed by atoms with Gasteiger partial charge in [0.1, 0.15) is 6.04 Å². The van der Waals surface area contributed by atoms with E-state index in [0.29, 0.717) is 36.8 Å². The molecular weight excluding hydrogens is 338 g/mol. The van der Waals surface area contributed by atoms with Gasteiger partial charge in [0, 0.05) is 36.8 Å². The van der Waals surface area contributed by atoms with E-state index in [9.17, 15) is 9.59 Å². The lowest BCUT2D eigenvalue weighted by Crippen LogP contribution is -2.51. The summed E-state index contributed by atoms with van der Waals surface area (Å²) in [6, 6.07) is 15.9. The number of piperazine rings is 1. The second-order valence-corrected chi connectivity index (χ2v) is 6.49. The number of rotatable bonds is 4. The van der Waals surface area contributed by atoms with Crippen LogP contribution in [0.15, 0.2) is 54.6 Å². The van der Waals surface area contributed by atoms with E-state index >= 15 is 0 Å². The lowest BCUT2D eigenvalue weighted by molar-refractivity contribution is -0.124. The summed E-state index contributed by atoms with van der Waals surface area (Å²) >= 11 is 5.92. The minimum atomic E-state index is -0.508. The highest BCUT2D eigenvalue weighted by molar-refractivity contribution is 6.30. The van der Waals surface area contributed by atoms with Crippen LogP contribution in [0.4, 0.5) is 0 Å². The van der Waals surface area contributed by atoms with Gasteiger partial charge in [-0.2, -0.15) is 0 Å². The summed E-state index contributed by atoms with van der Waals surface area (Å²) in [5.74, 6) is -0.382. The second kappa shape index (κ2) is 7.68. The lowest BCUT2D eigenvalue weighted by Gasteiger charge is -2.38. The molecule has 2 N–H and O–H groups in total. The molecule has 0 spiro atoms. The number of amides is 2. The Morgan fingerprint density at radius 3 is 2.08 bits per heavy atom. The fourth-order valence-electron chi connectivity index (χ4n) is 3.15. The Bertz CT molecular complexity index is 741. The maximum Gasteiger partial charge on any atom is 0.253 e. The minimum absolute atomic E-state index is 0.0161. The smallest absolute Gasteiger partial charge is 0.253 e. The van der Waals surface area contributed by atoms with E-state index in [-0.39, 0.29) is 5.91 Å². The van der Waals surface area contributed by atoms with Crippen molar-refractivity contribution in [2.75, 3.05) is 26.2 Å². The highest BCUT2D eigenvalue weighted by Crippen LogP contribution is 2.24. The van der Waals surface area contributed by atoms with Gasteiger partial charge < -0.3 is 10.6 Å². The minimum Gasteiger partial charge on any atom is -0.368 e. The zero-order valence-electron chi connectivity index (χ0n) is 13.8. The number of primary amides is 1. The number of carbonyl (C=O) groups is 2. The molecule has 1 fully saturated rings. The number of benzene rings is 2. The summed E-state index contributed by atoms with van der Waals surface area (Å²) in [6.07, 6.45) is 0.